The Labute approximate surface area is 159 Å². The van der Waals surface area contributed by atoms with Crippen molar-refractivity contribution >= 4 is 14.1 Å². The summed E-state index contributed by atoms with van der Waals surface area (Å²) < 4.78 is 0. The molecule has 0 saturated carbocycles. The summed E-state index contributed by atoms with van der Waals surface area (Å²) in [5, 5.41) is 4.56. The van der Waals surface area contributed by atoms with Crippen molar-refractivity contribution in [3.05, 3.63) is 71.4 Å². The van der Waals surface area contributed by atoms with Crippen LogP contribution in [0.4, 0.5) is 0 Å². The van der Waals surface area contributed by atoms with Gasteiger partial charge in [0.1, 0.15) is 0 Å². The summed E-state index contributed by atoms with van der Waals surface area (Å²) in [4.78, 5) is 0. The lowest BCUT2D eigenvalue weighted by Gasteiger charge is -2.17. The number of hydrogen-bond acceptors (Lipinski definition) is 0. The van der Waals surface area contributed by atoms with E-state index in [1.165, 1.54) is 73.6 Å². The van der Waals surface area contributed by atoms with Crippen LogP contribution in [0.3, 0.4) is 0 Å². The molecule has 0 atom stereocenters. The van der Waals surface area contributed by atoms with Crippen LogP contribution < -0.4 is 0 Å². The van der Waals surface area contributed by atoms with Crippen LogP contribution in [0.5, 0.6) is 0 Å². The zero-order chi connectivity index (χ0) is 17.2. The van der Waals surface area contributed by atoms with Crippen LogP contribution in [0.2, 0.25) is 15.8 Å². The SMILES string of the molecule is C1=CCCC(C[CH2][Al]([CH2]CC2=CC=CCC2)[CH2]CC2=CC=CCC2)=C1. The van der Waals surface area contributed by atoms with Crippen molar-refractivity contribution in [1.29, 1.82) is 0 Å². The molecule has 0 fully saturated rings. The van der Waals surface area contributed by atoms with Crippen molar-refractivity contribution in [2.45, 2.75) is 73.6 Å². The Balaban J connectivity index is 1.50. The number of hydrogen-bond donors (Lipinski definition) is 0. The molecule has 0 saturated heterocycles. The quantitative estimate of drug-likeness (QED) is 0.379. The monoisotopic (exact) mass is 348 g/mol. The molecule has 25 heavy (non-hydrogen) atoms. The van der Waals surface area contributed by atoms with E-state index in [-0.39, 0.29) is 0 Å². The van der Waals surface area contributed by atoms with Gasteiger partial charge in [-0.1, -0.05) is 87.3 Å². The van der Waals surface area contributed by atoms with E-state index in [9.17, 15) is 0 Å². The van der Waals surface area contributed by atoms with Gasteiger partial charge in [-0.2, -0.15) is 0 Å². The third-order valence-electron chi connectivity index (χ3n) is 5.92. The van der Waals surface area contributed by atoms with E-state index < -0.39 is 14.1 Å². The third-order valence-corrected chi connectivity index (χ3v) is 9.24. The van der Waals surface area contributed by atoms with E-state index in [2.05, 4.69) is 54.7 Å². The molecule has 0 spiro atoms. The highest BCUT2D eigenvalue weighted by atomic mass is 27.2. The minimum Gasteiger partial charge on any atom is -0.0901 e. The Hall–Kier alpha value is -1.03. The Morgan fingerprint density at radius 1 is 0.560 bits per heavy atom. The third kappa shape index (κ3) is 7.01. The molecular formula is C24H33Al. The van der Waals surface area contributed by atoms with Crippen LogP contribution in [-0.2, 0) is 0 Å². The van der Waals surface area contributed by atoms with Crippen LogP contribution in [0.1, 0.15) is 57.8 Å². The topological polar surface area (TPSA) is 0 Å². The molecule has 0 radical (unpaired) electrons. The predicted molar refractivity (Wildman–Crippen MR) is 113 cm³/mol. The van der Waals surface area contributed by atoms with Gasteiger partial charge in [0, 0.05) is 0 Å². The molecule has 0 aromatic heterocycles. The summed E-state index contributed by atoms with van der Waals surface area (Å²) in [6.07, 6.45) is 32.7. The van der Waals surface area contributed by atoms with Crippen LogP contribution >= 0.6 is 0 Å². The maximum atomic E-state index is 2.39. The fraction of sp³-hybridized carbons (Fsp3) is 0.500. The standard InChI is InChI=1S/3C8H11.Al/c3*1-2-8-6-4-3-5-7-8;/h3*3-4,6H,1-2,5,7H2;. The summed E-state index contributed by atoms with van der Waals surface area (Å²) in [6.45, 7) is 0. The van der Waals surface area contributed by atoms with E-state index in [0.29, 0.717) is 0 Å². The molecule has 0 bridgehead atoms. The summed E-state index contributed by atoms with van der Waals surface area (Å²) in [6, 6.07) is 0. The summed E-state index contributed by atoms with van der Waals surface area (Å²) in [7, 11) is 0. The summed E-state index contributed by atoms with van der Waals surface area (Å²) in [5.74, 6) is 0. The lowest BCUT2D eigenvalue weighted by Crippen LogP contribution is -2.13. The highest BCUT2D eigenvalue weighted by molar-refractivity contribution is 6.58. The van der Waals surface area contributed by atoms with Crippen molar-refractivity contribution in [2.75, 3.05) is 0 Å². The Morgan fingerprint density at radius 2 is 0.920 bits per heavy atom. The minimum atomic E-state index is -0.641. The smallest absolute Gasteiger partial charge is 0.0901 e. The molecule has 0 N–H and O–H groups in total. The molecular weight excluding hydrogens is 315 g/mol. The number of rotatable bonds is 9. The maximum Gasteiger partial charge on any atom is 0.262 e. The Bertz CT molecular complexity index is 512. The van der Waals surface area contributed by atoms with Gasteiger partial charge >= 0.3 is 0 Å². The molecule has 0 heterocycles. The van der Waals surface area contributed by atoms with Crippen LogP contribution in [0.15, 0.2) is 71.4 Å². The van der Waals surface area contributed by atoms with E-state index in [4.69, 9.17) is 0 Å². The Kier molecular flexibility index (Phi) is 8.14. The van der Waals surface area contributed by atoms with Gasteiger partial charge in [0.2, 0.25) is 0 Å². The van der Waals surface area contributed by atoms with Gasteiger partial charge in [-0.15, -0.1) is 0 Å². The fourth-order valence-electron chi connectivity index (χ4n) is 4.18. The average Bonchev–Trinajstić information content (AvgIpc) is 2.70. The lowest BCUT2D eigenvalue weighted by atomic mass is 10.0. The predicted octanol–water partition coefficient (Wildman–Crippen LogP) is 7.48. The first-order chi connectivity index (χ1) is 12.4. The first-order valence-electron chi connectivity index (χ1n) is 10.4. The molecule has 1 heteroatoms. The molecule has 3 aliphatic carbocycles. The van der Waals surface area contributed by atoms with Crippen molar-refractivity contribution in [2.24, 2.45) is 0 Å². The van der Waals surface area contributed by atoms with Gasteiger partial charge in [-0.25, -0.2) is 0 Å². The Morgan fingerprint density at radius 3 is 1.20 bits per heavy atom. The van der Waals surface area contributed by atoms with Gasteiger partial charge in [0.05, 0.1) is 0 Å². The highest BCUT2D eigenvalue weighted by Gasteiger charge is 2.19. The second kappa shape index (κ2) is 10.8. The first-order valence-corrected chi connectivity index (χ1v) is 12.9. The molecule has 0 amide bonds. The second-order valence-electron chi connectivity index (χ2n) is 7.86. The summed E-state index contributed by atoms with van der Waals surface area (Å²) >= 11 is -0.641. The highest BCUT2D eigenvalue weighted by Crippen LogP contribution is 2.27. The van der Waals surface area contributed by atoms with Crippen LogP contribution in [0.25, 0.3) is 0 Å². The zero-order valence-corrected chi connectivity index (χ0v) is 16.9. The van der Waals surface area contributed by atoms with Crippen molar-refractivity contribution in [3.8, 4) is 0 Å². The molecule has 132 valence electrons. The molecule has 3 rings (SSSR count). The molecule has 0 nitrogen and oxygen atoms in total. The van der Waals surface area contributed by atoms with E-state index in [0.717, 1.165) is 0 Å². The van der Waals surface area contributed by atoms with Gasteiger partial charge in [-0.3, -0.25) is 0 Å². The average molecular weight is 349 g/mol. The minimum absolute atomic E-state index is 0.641. The second-order valence-corrected chi connectivity index (χ2v) is 11.3. The normalized spacial score (nSPS) is 19.4. The lowest BCUT2D eigenvalue weighted by molar-refractivity contribution is 0.852. The van der Waals surface area contributed by atoms with E-state index >= 15 is 0 Å². The van der Waals surface area contributed by atoms with Crippen molar-refractivity contribution < 1.29 is 0 Å². The van der Waals surface area contributed by atoms with Crippen molar-refractivity contribution in [1.82, 2.24) is 0 Å². The van der Waals surface area contributed by atoms with Gasteiger partial charge in [0.15, 0.2) is 0 Å². The summed E-state index contributed by atoms with van der Waals surface area (Å²) in [5.41, 5.74) is 5.12. The van der Waals surface area contributed by atoms with Gasteiger partial charge in [-0.05, 0) is 57.8 Å². The van der Waals surface area contributed by atoms with Gasteiger partial charge < -0.3 is 0 Å². The van der Waals surface area contributed by atoms with E-state index in [1.54, 1.807) is 16.7 Å². The first kappa shape index (κ1) is 18.8. The zero-order valence-electron chi connectivity index (χ0n) is 15.8. The van der Waals surface area contributed by atoms with Crippen molar-refractivity contribution in [3.63, 3.8) is 0 Å². The molecule has 0 aromatic rings. The molecule has 3 aliphatic rings. The molecule has 0 aliphatic heterocycles. The molecule has 0 aromatic carbocycles. The van der Waals surface area contributed by atoms with E-state index in [1.807, 2.05) is 0 Å². The number of allylic oxidation sites excluding steroid dienone is 12. The van der Waals surface area contributed by atoms with Crippen LogP contribution in [0, 0.1) is 0 Å². The van der Waals surface area contributed by atoms with Gasteiger partial charge in [0.25, 0.3) is 14.1 Å². The fourth-order valence-corrected chi connectivity index (χ4v) is 7.39. The van der Waals surface area contributed by atoms with Crippen LogP contribution in [-0.4, -0.2) is 14.1 Å². The molecule has 0 unspecified atom stereocenters. The maximum absolute atomic E-state index is 2.39. The largest absolute Gasteiger partial charge is 0.262 e.